The molecule has 4 nitrogen and oxygen atoms in total. The Hall–Kier alpha value is -1.78. The number of aromatic nitrogens is 1. The van der Waals surface area contributed by atoms with Gasteiger partial charge in [-0.3, -0.25) is 4.79 Å². The summed E-state index contributed by atoms with van der Waals surface area (Å²) < 4.78 is 7.30. The molecule has 24 heavy (non-hydrogen) atoms. The number of ether oxygens (including phenoxy) is 1. The van der Waals surface area contributed by atoms with Crippen molar-refractivity contribution in [2.75, 3.05) is 6.61 Å². The second kappa shape index (κ2) is 6.61. The predicted octanol–water partition coefficient (Wildman–Crippen LogP) is 4.79. The molecule has 1 aliphatic carbocycles. The number of benzene rings is 1. The molecule has 126 valence electrons. The van der Waals surface area contributed by atoms with Gasteiger partial charge in [-0.2, -0.15) is 0 Å². The molecule has 0 N–H and O–H groups in total. The van der Waals surface area contributed by atoms with E-state index in [0.29, 0.717) is 11.6 Å². The molecule has 6 heteroatoms. The summed E-state index contributed by atoms with van der Waals surface area (Å²) >= 11 is 11.9. The molecular weight excluding hydrogens is 349 g/mol. The summed E-state index contributed by atoms with van der Waals surface area (Å²) in [5.74, 6) is -0.929. The number of hydrogen-bond donors (Lipinski definition) is 0. The summed E-state index contributed by atoms with van der Waals surface area (Å²) in [5, 5.41) is 0.402. The van der Waals surface area contributed by atoms with Crippen LogP contribution in [0.5, 0.6) is 0 Å². The summed E-state index contributed by atoms with van der Waals surface area (Å²) in [5.41, 5.74) is 2.65. The third-order valence-corrected chi connectivity index (χ3v) is 4.83. The summed E-state index contributed by atoms with van der Waals surface area (Å²) in [6.45, 7) is 3.57. The summed E-state index contributed by atoms with van der Waals surface area (Å²) in [6, 6.07) is 7.09. The largest absolute Gasteiger partial charge is 0.454 e. The molecule has 1 aromatic heterocycles. The lowest BCUT2D eigenvalue weighted by atomic mass is 10.1. The van der Waals surface area contributed by atoms with Crippen LogP contribution >= 0.6 is 23.2 Å². The highest BCUT2D eigenvalue weighted by atomic mass is 35.5. The molecule has 1 fully saturated rings. The fourth-order valence-electron chi connectivity index (χ4n) is 2.93. The van der Waals surface area contributed by atoms with Crippen LogP contribution in [0.3, 0.4) is 0 Å². The van der Waals surface area contributed by atoms with Crippen molar-refractivity contribution in [1.82, 2.24) is 4.57 Å². The van der Waals surface area contributed by atoms with Crippen LogP contribution in [0, 0.1) is 13.8 Å². The lowest BCUT2D eigenvalue weighted by Gasteiger charge is -2.09. The number of nitrogens with zero attached hydrogens (tertiary/aromatic N) is 1. The van der Waals surface area contributed by atoms with Crippen LogP contribution in [-0.2, 0) is 4.74 Å². The van der Waals surface area contributed by atoms with E-state index in [4.69, 9.17) is 27.9 Å². The zero-order valence-electron chi connectivity index (χ0n) is 13.4. The van der Waals surface area contributed by atoms with E-state index in [0.717, 1.165) is 24.2 Å². The van der Waals surface area contributed by atoms with Crippen LogP contribution in [0.25, 0.3) is 0 Å². The predicted molar refractivity (Wildman–Crippen MR) is 93.3 cm³/mol. The van der Waals surface area contributed by atoms with Crippen LogP contribution in [0.4, 0.5) is 0 Å². The SMILES string of the molecule is Cc1cc(C(=O)COC(=O)c2c(Cl)cccc2Cl)c(C)n1C1CC1. The van der Waals surface area contributed by atoms with Crippen LogP contribution < -0.4 is 0 Å². The van der Waals surface area contributed by atoms with E-state index in [9.17, 15) is 9.59 Å². The minimum Gasteiger partial charge on any atom is -0.454 e. The van der Waals surface area contributed by atoms with Crippen LogP contribution in [-0.4, -0.2) is 22.9 Å². The molecule has 0 spiro atoms. The molecule has 0 radical (unpaired) electrons. The Morgan fingerprint density at radius 2 is 1.83 bits per heavy atom. The van der Waals surface area contributed by atoms with Crippen molar-refractivity contribution < 1.29 is 14.3 Å². The topological polar surface area (TPSA) is 48.3 Å². The van der Waals surface area contributed by atoms with Crippen LogP contribution in [0.15, 0.2) is 24.3 Å². The highest BCUT2D eigenvalue weighted by Crippen LogP contribution is 2.38. The van der Waals surface area contributed by atoms with E-state index in [-0.39, 0.29) is 28.0 Å². The van der Waals surface area contributed by atoms with E-state index in [1.165, 1.54) is 0 Å². The molecule has 2 aromatic rings. The molecule has 0 bridgehead atoms. The molecule has 1 saturated carbocycles. The van der Waals surface area contributed by atoms with Crippen molar-refractivity contribution in [3.05, 3.63) is 56.8 Å². The van der Waals surface area contributed by atoms with E-state index in [1.807, 2.05) is 19.9 Å². The van der Waals surface area contributed by atoms with Gasteiger partial charge in [0.05, 0.1) is 15.6 Å². The van der Waals surface area contributed by atoms with Gasteiger partial charge in [-0.15, -0.1) is 0 Å². The maximum absolute atomic E-state index is 12.4. The van der Waals surface area contributed by atoms with Gasteiger partial charge >= 0.3 is 5.97 Å². The summed E-state index contributed by atoms with van der Waals surface area (Å²) in [6.07, 6.45) is 2.29. The van der Waals surface area contributed by atoms with E-state index < -0.39 is 5.97 Å². The van der Waals surface area contributed by atoms with Gasteiger partial charge < -0.3 is 9.30 Å². The first kappa shape index (κ1) is 17.1. The van der Waals surface area contributed by atoms with Crippen molar-refractivity contribution in [1.29, 1.82) is 0 Å². The molecule has 0 atom stereocenters. The van der Waals surface area contributed by atoms with E-state index >= 15 is 0 Å². The number of esters is 1. The van der Waals surface area contributed by atoms with Gasteiger partial charge in [0.25, 0.3) is 0 Å². The minimum atomic E-state index is -0.699. The second-order valence-corrected chi connectivity index (χ2v) is 6.80. The van der Waals surface area contributed by atoms with Crippen molar-refractivity contribution in [2.45, 2.75) is 32.7 Å². The summed E-state index contributed by atoms with van der Waals surface area (Å²) in [4.78, 5) is 24.6. The number of ketones is 1. The third kappa shape index (κ3) is 3.21. The Labute approximate surface area is 150 Å². The van der Waals surface area contributed by atoms with Gasteiger partial charge in [0, 0.05) is 23.0 Å². The lowest BCUT2D eigenvalue weighted by Crippen LogP contribution is -2.15. The molecule has 3 rings (SSSR count). The first-order valence-corrected chi connectivity index (χ1v) is 8.48. The second-order valence-electron chi connectivity index (χ2n) is 5.98. The van der Waals surface area contributed by atoms with Crippen molar-refractivity contribution >= 4 is 35.0 Å². The van der Waals surface area contributed by atoms with Crippen molar-refractivity contribution in [2.24, 2.45) is 0 Å². The maximum Gasteiger partial charge on any atom is 0.341 e. The molecule has 1 aromatic carbocycles. The van der Waals surface area contributed by atoms with Crippen LogP contribution in [0.2, 0.25) is 10.0 Å². The zero-order valence-corrected chi connectivity index (χ0v) is 14.9. The first-order chi connectivity index (χ1) is 11.4. The number of Topliss-reactive ketones (excluding diaryl/α,β-unsaturated/α-hetero) is 1. The maximum atomic E-state index is 12.4. The van der Waals surface area contributed by atoms with E-state index in [2.05, 4.69) is 4.57 Å². The fraction of sp³-hybridized carbons (Fsp3) is 0.333. The zero-order chi connectivity index (χ0) is 17.4. The van der Waals surface area contributed by atoms with Gasteiger partial charge in [0.15, 0.2) is 6.61 Å². The number of rotatable bonds is 5. The Kier molecular flexibility index (Phi) is 4.70. The average Bonchev–Trinajstić information content (AvgIpc) is 3.30. The normalized spacial score (nSPS) is 13.8. The van der Waals surface area contributed by atoms with Gasteiger partial charge in [0.1, 0.15) is 0 Å². The fourth-order valence-corrected chi connectivity index (χ4v) is 3.48. The van der Waals surface area contributed by atoms with Gasteiger partial charge in [0.2, 0.25) is 5.78 Å². The number of carbonyl (C=O) groups is 2. The molecule has 0 amide bonds. The monoisotopic (exact) mass is 365 g/mol. The van der Waals surface area contributed by atoms with E-state index in [1.54, 1.807) is 18.2 Å². The summed E-state index contributed by atoms with van der Waals surface area (Å²) in [7, 11) is 0. The van der Waals surface area contributed by atoms with Gasteiger partial charge in [-0.1, -0.05) is 29.3 Å². The van der Waals surface area contributed by atoms with Crippen molar-refractivity contribution in [3.8, 4) is 0 Å². The highest BCUT2D eigenvalue weighted by molar-refractivity contribution is 6.39. The Bertz CT molecular complexity index is 802. The number of halogens is 2. The van der Waals surface area contributed by atoms with Gasteiger partial charge in [-0.05, 0) is 44.9 Å². The lowest BCUT2D eigenvalue weighted by molar-refractivity contribution is 0.0475. The molecule has 0 unspecified atom stereocenters. The molecule has 0 aliphatic heterocycles. The Balaban J connectivity index is 1.72. The molecule has 1 heterocycles. The quantitative estimate of drug-likeness (QED) is 0.565. The molecule has 1 aliphatic rings. The minimum absolute atomic E-state index is 0.0806. The third-order valence-electron chi connectivity index (χ3n) is 4.20. The Morgan fingerprint density at radius 3 is 2.42 bits per heavy atom. The highest BCUT2D eigenvalue weighted by Gasteiger charge is 2.28. The van der Waals surface area contributed by atoms with Gasteiger partial charge in [-0.25, -0.2) is 4.79 Å². The number of carbonyl (C=O) groups excluding carboxylic acids is 2. The number of aryl methyl sites for hydroxylation is 1. The Morgan fingerprint density at radius 1 is 1.21 bits per heavy atom. The average molecular weight is 366 g/mol. The van der Waals surface area contributed by atoms with Crippen LogP contribution in [0.1, 0.15) is 51.0 Å². The molecular formula is C18H17Cl2NO3. The smallest absolute Gasteiger partial charge is 0.341 e. The standard InChI is InChI=1S/C18H17Cl2NO3/c1-10-8-13(11(2)21(10)12-6-7-12)16(22)9-24-18(23)17-14(19)4-3-5-15(17)20/h3-5,8,12H,6-7,9H2,1-2H3. The molecule has 0 saturated heterocycles. The first-order valence-electron chi connectivity index (χ1n) is 7.73. The number of hydrogen-bond acceptors (Lipinski definition) is 3. The van der Waals surface area contributed by atoms with Crippen molar-refractivity contribution in [3.63, 3.8) is 0 Å².